The fourth-order valence-corrected chi connectivity index (χ4v) is 3.31. The highest BCUT2D eigenvalue weighted by atomic mass is 19.1. The third-order valence-corrected chi connectivity index (χ3v) is 5.49. The first-order valence-corrected chi connectivity index (χ1v) is 8.51. The standard InChI is InChI=1S/C21H27FN2/c1-19(2,3)21(6,22)16-12-8-7-11-15(16)20(4,5)18-17-13-9-10-14-24(17)23-18/h7-14,23H,1-6H3. The molecular weight excluding hydrogens is 299 g/mol. The van der Waals surface area contributed by atoms with E-state index in [1.54, 1.807) is 6.92 Å². The van der Waals surface area contributed by atoms with Crippen LogP contribution in [0, 0.1) is 5.41 Å². The Hall–Kier alpha value is -2.03. The molecule has 2 aromatic heterocycles. The molecule has 3 rings (SSSR count). The number of nitrogens with zero attached hydrogens (tertiary/aromatic N) is 1. The fourth-order valence-electron chi connectivity index (χ4n) is 3.31. The molecule has 0 aliphatic carbocycles. The van der Waals surface area contributed by atoms with Gasteiger partial charge in [0.05, 0.1) is 11.2 Å². The van der Waals surface area contributed by atoms with Gasteiger partial charge in [-0.2, -0.15) is 0 Å². The van der Waals surface area contributed by atoms with Crippen LogP contribution in [-0.4, -0.2) is 9.61 Å². The predicted octanol–water partition coefficient (Wildman–Crippen LogP) is 5.82. The number of alkyl halides is 1. The minimum atomic E-state index is -1.42. The largest absolute Gasteiger partial charge is 0.295 e. The molecule has 0 saturated heterocycles. The van der Waals surface area contributed by atoms with Crippen molar-refractivity contribution in [3.05, 3.63) is 65.5 Å². The van der Waals surface area contributed by atoms with Crippen LogP contribution >= 0.6 is 0 Å². The second-order valence-electron chi connectivity index (χ2n) is 8.37. The number of benzene rings is 1. The molecule has 3 aromatic rings. The van der Waals surface area contributed by atoms with E-state index in [1.807, 2.05) is 61.8 Å². The number of pyridine rings is 1. The van der Waals surface area contributed by atoms with Crippen molar-refractivity contribution < 1.29 is 4.39 Å². The number of fused-ring (bicyclic) bond motifs is 1. The highest BCUT2D eigenvalue weighted by Gasteiger charge is 2.43. The average molecular weight is 326 g/mol. The Morgan fingerprint density at radius 2 is 1.42 bits per heavy atom. The van der Waals surface area contributed by atoms with Gasteiger partial charge in [-0.25, -0.2) is 4.39 Å². The van der Waals surface area contributed by atoms with Gasteiger partial charge in [0.2, 0.25) is 0 Å². The van der Waals surface area contributed by atoms with E-state index in [1.165, 1.54) is 0 Å². The van der Waals surface area contributed by atoms with Crippen LogP contribution in [0.15, 0.2) is 48.7 Å². The van der Waals surface area contributed by atoms with Gasteiger partial charge in [-0.15, -0.1) is 0 Å². The van der Waals surface area contributed by atoms with Crippen molar-refractivity contribution in [2.75, 3.05) is 0 Å². The summed E-state index contributed by atoms with van der Waals surface area (Å²) < 4.78 is 17.8. The van der Waals surface area contributed by atoms with E-state index < -0.39 is 11.1 Å². The molecule has 1 atom stereocenters. The quantitative estimate of drug-likeness (QED) is 0.625. The fraction of sp³-hybridized carbons (Fsp3) is 0.429. The first kappa shape index (κ1) is 16.8. The third kappa shape index (κ3) is 2.38. The summed E-state index contributed by atoms with van der Waals surface area (Å²) in [7, 11) is 0. The van der Waals surface area contributed by atoms with Gasteiger partial charge in [0.25, 0.3) is 0 Å². The number of hydrogen-bond acceptors (Lipinski definition) is 0. The summed E-state index contributed by atoms with van der Waals surface area (Å²) in [6, 6.07) is 14.0. The summed E-state index contributed by atoms with van der Waals surface area (Å²) in [6.45, 7) is 11.9. The monoisotopic (exact) mass is 326 g/mol. The zero-order chi connectivity index (χ0) is 17.8. The number of hydrogen-bond donors (Lipinski definition) is 1. The first-order valence-electron chi connectivity index (χ1n) is 8.51. The molecule has 0 radical (unpaired) electrons. The van der Waals surface area contributed by atoms with Crippen LogP contribution in [0.3, 0.4) is 0 Å². The lowest BCUT2D eigenvalue weighted by Gasteiger charge is -2.40. The minimum Gasteiger partial charge on any atom is -0.295 e. The summed E-state index contributed by atoms with van der Waals surface area (Å²) in [5.74, 6) is 0. The van der Waals surface area contributed by atoms with Gasteiger partial charge in [0.15, 0.2) is 0 Å². The molecule has 0 spiro atoms. The summed E-state index contributed by atoms with van der Waals surface area (Å²) in [4.78, 5) is 0. The Balaban J connectivity index is 2.17. The molecule has 0 fully saturated rings. The van der Waals surface area contributed by atoms with E-state index in [9.17, 15) is 0 Å². The maximum Gasteiger partial charge on any atom is 0.138 e. The number of rotatable bonds is 3. The van der Waals surface area contributed by atoms with Crippen LogP contribution in [0.5, 0.6) is 0 Å². The molecule has 0 aliphatic rings. The lowest BCUT2D eigenvalue weighted by atomic mass is 9.68. The Labute approximate surface area is 143 Å². The third-order valence-electron chi connectivity index (χ3n) is 5.49. The van der Waals surface area contributed by atoms with Crippen LogP contribution in [0.4, 0.5) is 4.39 Å². The second kappa shape index (κ2) is 5.23. The molecule has 2 heterocycles. The van der Waals surface area contributed by atoms with Gasteiger partial charge >= 0.3 is 0 Å². The molecule has 0 bridgehead atoms. The van der Waals surface area contributed by atoms with E-state index >= 15 is 4.39 Å². The summed E-state index contributed by atoms with van der Waals surface area (Å²) in [5, 5.41) is 3.39. The maximum atomic E-state index is 15.8. The van der Waals surface area contributed by atoms with Crippen molar-refractivity contribution in [3.63, 3.8) is 0 Å². The van der Waals surface area contributed by atoms with E-state index in [0.717, 1.165) is 22.3 Å². The van der Waals surface area contributed by atoms with E-state index in [4.69, 9.17) is 0 Å². The van der Waals surface area contributed by atoms with E-state index in [-0.39, 0.29) is 5.41 Å². The molecule has 1 unspecified atom stereocenters. The van der Waals surface area contributed by atoms with Gasteiger partial charge in [-0.05, 0) is 35.6 Å². The van der Waals surface area contributed by atoms with Gasteiger partial charge in [-0.1, -0.05) is 65.0 Å². The van der Waals surface area contributed by atoms with Crippen molar-refractivity contribution in [2.24, 2.45) is 5.41 Å². The number of aromatic amines is 1. The van der Waals surface area contributed by atoms with Crippen molar-refractivity contribution in [1.82, 2.24) is 9.61 Å². The molecule has 2 nitrogen and oxygen atoms in total. The summed E-state index contributed by atoms with van der Waals surface area (Å²) in [5.41, 5.74) is 1.86. The van der Waals surface area contributed by atoms with Crippen molar-refractivity contribution in [2.45, 2.75) is 52.6 Å². The minimum absolute atomic E-state index is 0.309. The van der Waals surface area contributed by atoms with E-state index in [2.05, 4.69) is 31.1 Å². The Morgan fingerprint density at radius 1 is 0.833 bits per heavy atom. The smallest absolute Gasteiger partial charge is 0.138 e. The van der Waals surface area contributed by atoms with Crippen molar-refractivity contribution in [1.29, 1.82) is 0 Å². The van der Waals surface area contributed by atoms with Crippen LogP contribution in [0.1, 0.15) is 58.4 Å². The second-order valence-corrected chi connectivity index (χ2v) is 8.37. The molecule has 128 valence electrons. The molecule has 0 saturated carbocycles. The van der Waals surface area contributed by atoms with Crippen molar-refractivity contribution >= 4 is 5.52 Å². The van der Waals surface area contributed by atoms with Crippen LogP contribution in [0.25, 0.3) is 5.52 Å². The molecule has 0 aliphatic heterocycles. The molecular formula is C21H27FN2. The zero-order valence-corrected chi connectivity index (χ0v) is 15.4. The molecule has 1 N–H and O–H groups in total. The van der Waals surface area contributed by atoms with Gasteiger partial charge in [0.1, 0.15) is 5.67 Å². The topological polar surface area (TPSA) is 20.2 Å². The van der Waals surface area contributed by atoms with E-state index in [0.29, 0.717) is 0 Å². The van der Waals surface area contributed by atoms with Crippen molar-refractivity contribution in [3.8, 4) is 0 Å². The molecule has 1 aromatic carbocycles. The number of nitrogens with one attached hydrogen (secondary N) is 1. The number of halogens is 1. The van der Waals surface area contributed by atoms with Crippen LogP contribution in [-0.2, 0) is 11.1 Å². The number of aromatic nitrogens is 2. The molecule has 3 heteroatoms. The maximum absolute atomic E-state index is 15.8. The van der Waals surface area contributed by atoms with Gasteiger partial charge in [-0.3, -0.25) is 9.61 Å². The highest BCUT2D eigenvalue weighted by Crippen LogP contribution is 2.47. The summed E-state index contributed by atoms with van der Waals surface area (Å²) in [6.07, 6.45) is 2.00. The Morgan fingerprint density at radius 3 is 2.00 bits per heavy atom. The van der Waals surface area contributed by atoms with Gasteiger partial charge < -0.3 is 0 Å². The molecule has 24 heavy (non-hydrogen) atoms. The summed E-state index contributed by atoms with van der Waals surface area (Å²) >= 11 is 0. The van der Waals surface area contributed by atoms with Gasteiger partial charge in [0, 0.05) is 11.6 Å². The highest BCUT2D eigenvalue weighted by molar-refractivity contribution is 5.60. The molecule has 0 amide bonds. The zero-order valence-electron chi connectivity index (χ0n) is 15.4. The first-order chi connectivity index (χ1) is 11.1. The predicted molar refractivity (Wildman–Crippen MR) is 98.2 cm³/mol. The van der Waals surface area contributed by atoms with Crippen LogP contribution < -0.4 is 0 Å². The normalized spacial score (nSPS) is 15.6. The lowest BCUT2D eigenvalue weighted by Crippen LogP contribution is -2.37. The van der Waals surface area contributed by atoms with Crippen LogP contribution in [0.2, 0.25) is 0 Å². The Bertz CT molecular complexity index is 859. The average Bonchev–Trinajstić information content (AvgIpc) is 2.47. The number of H-pyrrole nitrogens is 1. The lowest BCUT2D eigenvalue weighted by molar-refractivity contribution is 0.0436. The Kier molecular flexibility index (Phi) is 3.67. The SMILES string of the molecule is CC(C)(c1ccccc1C(C)(F)C(C)(C)C)c1[nH]n2ccccc12.